The van der Waals surface area contributed by atoms with E-state index in [2.05, 4.69) is 43.8 Å². The molecule has 264 valence electrons. The van der Waals surface area contributed by atoms with Crippen LogP contribution in [0.2, 0.25) is 5.02 Å². The van der Waals surface area contributed by atoms with E-state index >= 15 is 0 Å². The summed E-state index contributed by atoms with van der Waals surface area (Å²) in [7, 11) is 0. The Morgan fingerprint density at radius 2 is 1.85 bits per heavy atom. The van der Waals surface area contributed by atoms with Gasteiger partial charge in [0.25, 0.3) is 11.8 Å². The number of carbonyl (C=O) groups is 4. The molecule has 0 spiro atoms. The van der Waals surface area contributed by atoms with Crippen molar-refractivity contribution in [1.29, 1.82) is 0 Å². The van der Waals surface area contributed by atoms with Crippen LogP contribution in [-0.4, -0.2) is 64.6 Å². The van der Waals surface area contributed by atoms with Crippen LogP contribution >= 0.6 is 22.9 Å². The van der Waals surface area contributed by atoms with Gasteiger partial charge in [0.2, 0.25) is 11.8 Å². The molecule has 1 fully saturated rings. The Morgan fingerprint density at radius 3 is 2.66 bits per heavy atom. The number of hydrogen-bond donors (Lipinski definition) is 1. The Kier molecular flexibility index (Phi) is 8.93. The van der Waals surface area contributed by atoms with Gasteiger partial charge in [-0.2, -0.15) is 0 Å². The molecule has 4 amide bonds. The van der Waals surface area contributed by atoms with Gasteiger partial charge in [-0.25, -0.2) is 4.98 Å². The van der Waals surface area contributed by atoms with Crippen molar-refractivity contribution in [2.45, 2.75) is 58.7 Å². The summed E-state index contributed by atoms with van der Waals surface area (Å²) in [5, 5.41) is 12.6. The highest BCUT2D eigenvalue weighted by Gasteiger charge is 2.45. The topological polar surface area (TPSA) is 144 Å². The summed E-state index contributed by atoms with van der Waals surface area (Å²) >= 11 is 7.79. The van der Waals surface area contributed by atoms with Crippen LogP contribution in [0.4, 0.5) is 0 Å². The number of aryl methyl sites for hydroxylation is 2. The third-order valence-electron chi connectivity index (χ3n) is 9.54. The number of fused-ring (bicyclic) bond motifs is 4. The first-order valence-electron chi connectivity index (χ1n) is 17.1. The maximum absolute atomic E-state index is 13.4. The number of aromatic nitrogens is 5. The van der Waals surface area contributed by atoms with Crippen LogP contribution in [0, 0.1) is 25.7 Å². The van der Waals surface area contributed by atoms with Crippen LogP contribution in [0.1, 0.15) is 90.9 Å². The molecular weight excluding hydrogens is 712 g/mol. The molecule has 3 aromatic heterocycles. The van der Waals surface area contributed by atoms with Crippen molar-refractivity contribution in [3.05, 3.63) is 122 Å². The summed E-state index contributed by atoms with van der Waals surface area (Å²) < 4.78 is 4.08. The Balaban J connectivity index is 0.976. The van der Waals surface area contributed by atoms with Gasteiger partial charge in [0, 0.05) is 29.1 Å². The van der Waals surface area contributed by atoms with E-state index < -0.39 is 29.7 Å². The number of rotatable bonds is 7. The maximum atomic E-state index is 13.4. The maximum Gasteiger partial charge on any atom is 0.262 e. The molecule has 1 N–H and O–H groups in total. The number of imide groups is 2. The van der Waals surface area contributed by atoms with Gasteiger partial charge in [0.05, 0.1) is 34.2 Å². The van der Waals surface area contributed by atoms with Gasteiger partial charge in [-0.3, -0.25) is 39.0 Å². The highest BCUT2D eigenvalue weighted by molar-refractivity contribution is 7.15. The number of carbonyl (C=O) groups excluding carboxylic acids is 4. The molecule has 5 aromatic rings. The summed E-state index contributed by atoms with van der Waals surface area (Å²) in [4.78, 5) is 61.9. The fraction of sp³-hybridized carbons (Fsp3) is 0.231. The van der Waals surface area contributed by atoms with Crippen molar-refractivity contribution in [3.63, 3.8) is 0 Å². The molecule has 53 heavy (non-hydrogen) atoms. The van der Waals surface area contributed by atoms with Crippen LogP contribution in [0.25, 0.3) is 11.1 Å². The Morgan fingerprint density at radius 1 is 1.02 bits per heavy atom. The molecule has 0 saturated carbocycles. The van der Waals surface area contributed by atoms with Crippen LogP contribution in [0.15, 0.2) is 66.1 Å². The Labute approximate surface area is 313 Å². The number of nitrogens with one attached hydrogen (secondary N) is 1. The molecule has 2 aromatic carbocycles. The van der Waals surface area contributed by atoms with E-state index in [9.17, 15) is 19.2 Å². The predicted octanol–water partition coefficient (Wildman–Crippen LogP) is 5.44. The molecule has 14 heteroatoms. The zero-order valence-electron chi connectivity index (χ0n) is 28.7. The summed E-state index contributed by atoms with van der Waals surface area (Å²) in [6, 6.07) is 11.8. The van der Waals surface area contributed by atoms with Crippen LogP contribution in [0.5, 0.6) is 0 Å². The van der Waals surface area contributed by atoms with Crippen molar-refractivity contribution in [2.24, 2.45) is 4.99 Å². The lowest BCUT2D eigenvalue weighted by molar-refractivity contribution is -0.136. The van der Waals surface area contributed by atoms with Crippen LogP contribution < -0.4 is 5.32 Å². The SMILES string of the molecule is Cc1c(C#Cc2cncn2CCC/C=C/c2cccc3c2C(=O)N(C2CCC(=O)NC2=O)C3=O)sc2c1C(c1ccc(Cl)cc1)=NCc1nnc(C)n1-2. The number of halogens is 1. The molecule has 3 aliphatic heterocycles. The smallest absolute Gasteiger partial charge is 0.262 e. The minimum atomic E-state index is -1.00. The van der Waals surface area contributed by atoms with E-state index in [4.69, 9.17) is 16.6 Å². The van der Waals surface area contributed by atoms with E-state index in [1.165, 1.54) is 0 Å². The highest BCUT2D eigenvalue weighted by atomic mass is 35.5. The van der Waals surface area contributed by atoms with Crippen LogP contribution in [-0.2, 0) is 22.7 Å². The Bertz CT molecular complexity index is 2480. The summed E-state index contributed by atoms with van der Waals surface area (Å²) in [5.41, 5.74) is 5.77. The first-order valence-corrected chi connectivity index (χ1v) is 18.3. The highest BCUT2D eigenvalue weighted by Crippen LogP contribution is 2.37. The molecule has 0 radical (unpaired) electrons. The van der Waals surface area contributed by atoms with Gasteiger partial charge in [-0.05, 0) is 74.3 Å². The molecule has 1 saturated heterocycles. The third kappa shape index (κ3) is 6.19. The minimum Gasteiger partial charge on any atom is -0.324 e. The van der Waals surface area contributed by atoms with Gasteiger partial charge < -0.3 is 4.57 Å². The molecule has 12 nitrogen and oxygen atoms in total. The number of amides is 4. The number of benzene rings is 2. The van der Waals surface area contributed by atoms with Crippen molar-refractivity contribution < 1.29 is 19.2 Å². The first kappa shape index (κ1) is 34.1. The van der Waals surface area contributed by atoms with Crippen molar-refractivity contribution in [1.82, 2.24) is 34.5 Å². The van der Waals surface area contributed by atoms with E-state index in [-0.39, 0.29) is 24.0 Å². The standard InChI is InChI=1S/C39H31ClN8O4S/c1-22-30(53-39-33(22)35(25-10-12-26(40)13-11-25)42-20-31-45-44-23(2)47(31)39)16-14-27-19-41-21-46(27)18-5-3-4-7-24-8-6-9-28-34(24)38(52)48(37(28)51)29-15-17-32(49)43-36(29)50/h4,6-13,19,21,29H,3,5,15,17-18,20H2,1-2H3,(H,43,49,50)/b7-4+. The van der Waals surface area contributed by atoms with Crippen molar-refractivity contribution >= 4 is 58.4 Å². The second-order valence-corrected chi connectivity index (χ2v) is 14.3. The predicted molar refractivity (Wildman–Crippen MR) is 199 cm³/mol. The molecular formula is C39H31ClN8O4S. The second kappa shape index (κ2) is 13.9. The van der Waals surface area contributed by atoms with E-state index in [0.29, 0.717) is 30.1 Å². The second-order valence-electron chi connectivity index (χ2n) is 12.9. The molecule has 0 aliphatic carbocycles. The lowest BCUT2D eigenvalue weighted by Gasteiger charge is -2.27. The average molecular weight is 743 g/mol. The number of imidazole rings is 1. The van der Waals surface area contributed by atoms with E-state index in [1.807, 2.05) is 47.9 Å². The summed E-state index contributed by atoms with van der Waals surface area (Å²) in [6.45, 7) is 5.07. The van der Waals surface area contributed by atoms with Gasteiger partial charge in [0.15, 0.2) is 5.82 Å². The molecule has 6 heterocycles. The first-order chi connectivity index (χ1) is 25.7. The molecule has 8 rings (SSSR count). The molecule has 1 atom stereocenters. The number of unbranched alkanes of at least 4 members (excludes halogenated alkanes) is 1. The number of piperidine rings is 1. The third-order valence-corrected chi connectivity index (χ3v) is 11.0. The number of aliphatic imine (C=N–C) groups is 1. The minimum absolute atomic E-state index is 0.0717. The quantitative estimate of drug-likeness (QED) is 0.133. The number of hydrogen-bond acceptors (Lipinski definition) is 9. The van der Waals surface area contributed by atoms with E-state index in [1.54, 1.807) is 42.1 Å². The van der Waals surface area contributed by atoms with Crippen molar-refractivity contribution in [3.8, 4) is 16.8 Å². The van der Waals surface area contributed by atoms with Gasteiger partial charge in [-0.15, -0.1) is 21.5 Å². The normalized spacial score (nSPS) is 16.5. The van der Waals surface area contributed by atoms with Gasteiger partial charge in [0.1, 0.15) is 29.1 Å². The molecule has 1 unspecified atom stereocenters. The van der Waals surface area contributed by atoms with E-state index in [0.717, 1.165) is 60.9 Å². The average Bonchev–Trinajstić information content (AvgIpc) is 3.87. The van der Waals surface area contributed by atoms with Gasteiger partial charge >= 0.3 is 0 Å². The molecule has 3 aliphatic rings. The number of allylic oxidation sites excluding steroid dienone is 1. The lowest BCUT2D eigenvalue weighted by Crippen LogP contribution is -2.54. The Hall–Kier alpha value is -5.97. The zero-order valence-corrected chi connectivity index (χ0v) is 30.3. The summed E-state index contributed by atoms with van der Waals surface area (Å²) in [6.07, 6.45) is 8.97. The lowest BCUT2D eigenvalue weighted by atomic mass is 10.00. The fourth-order valence-electron chi connectivity index (χ4n) is 6.89. The number of nitrogens with zero attached hydrogens (tertiary/aromatic N) is 7. The summed E-state index contributed by atoms with van der Waals surface area (Å²) in [5.74, 6) is 6.21. The largest absolute Gasteiger partial charge is 0.324 e. The zero-order chi connectivity index (χ0) is 36.8. The number of thiophene rings is 1. The fourth-order valence-corrected chi connectivity index (χ4v) is 8.25. The molecule has 0 bridgehead atoms. The van der Waals surface area contributed by atoms with Gasteiger partial charge in [-0.1, -0.05) is 48.0 Å². The van der Waals surface area contributed by atoms with Crippen LogP contribution in [0.3, 0.4) is 0 Å². The van der Waals surface area contributed by atoms with Crippen molar-refractivity contribution in [2.75, 3.05) is 0 Å². The monoisotopic (exact) mass is 742 g/mol.